The Labute approximate surface area is 196 Å². The predicted octanol–water partition coefficient (Wildman–Crippen LogP) is 8.88. The number of hydrogen-bond acceptors (Lipinski definition) is 1. The first-order valence-corrected chi connectivity index (χ1v) is 12.2. The molecule has 0 amide bonds. The molecule has 0 radical (unpaired) electrons. The van der Waals surface area contributed by atoms with Crippen LogP contribution in [0.25, 0.3) is 21.9 Å². The van der Waals surface area contributed by atoms with Gasteiger partial charge < -0.3 is 5.32 Å². The summed E-state index contributed by atoms with van der Waals surface area (Å²) in [5.41, 5.74) is 6.25. The van der Waals surface area contributed by atoms with E-state index in [1.54, 1.807) is 0 Å². The Morgan fingerprint density at radius 2 is 1.36 bits per heavy atom. The highest BCUT2D eigenvalue weighted by Gasteiger charge is 2.31. The van der Waals surface area contributed by atoms with Crippen molar-refractivity contribution in [2.24, 2.45) is 11.8 Å². The summed E-state index contributed by atoms with van der Waals surface area (Å²) >= 11 is 0. The van der Waals surface area contributed by atoms with Crippen LogP contribution < -0.4 is 5.32 Å². The largest absolute Gasteiger partial charge is 0.356 e. The SMILES string of the molecule is C1=CC2CCCC(c3ccc(Nc4ccc(-c5cccc6ccccc56)cc4)cc3)C2C=C1. The number of rotatable bonds is 4. The van der Waals surface area contributed by atoms with E-state index in [2.05, 4.69) is 121 Å². The highest BCUT2D eigenvalue weighted by atomic mass is 14.9. The lowest BCUT2D eigenvalue weighted by atomic mass is 9.68. The Hall–Kier alpha value is -3.58. The standard InChI is InChI=1S/C32H29N/c1-3-11-29-23(7-1)9-5-13-31(29)25-15-19-27(20-16-25)33-28-21-17-26(18-22-28)32-14-6-10-24-8-2-4-12-30(24)32/h1-5,7-9,11-13,15-22,24,30,32-33H,6,10,14H2. The Kier molecular flexibility index (Phi) is 5.32. The molecule has 162 valence electrons. The van der Waals surface area contributed by atoms with Crippen LogP contribution in [0.4, 0.5) is 11.4 Å². The van der Waals surface area contributed by atoms with Gasteiger partial charge in [-0.2, -0.15) is 0 Å². The van der Waals surface area contributed by atoms with E-state index in [1.165, 1.54) is 46.7 Å². The van der Waals surface area contributed by atoms with E-state index in [9.17, 15) is 0 Å². The van der Waals surface area contributed by atoms with Gasteiger partial charge in [-0.15, -0.1) is 0 Å². The van der Waals surface area contributed by atoms with E-state index in [0.717, 1.165) is 11.4 Å². The van der Waals surface area contributed by atoms with Crippen molar-refractivity contribution in [3.05, 3.63) is 121 Å². The number of benzene rings is 4. The fraction of sp³-hybridized carbons (Fsp3) is 0.188. The third-order valence-electron chi connectivity index (χ3n) is 7.43. The molecular weight excluding hydrogens is 398 g/mol. The molecule has 3 unspecified atom stereocenters. The van der Waals surface area contributed by atoms with Gasteiger partial charge in [0, 0.05) is 11.4 Å². The van der Waals surface area contributed by atoms with Gasteiger partial charge in [-0.05, 0) is 82.3 Å². The number of nitrogens with one attached hydrogen (secondary N) is 1. The van der Waals surface area contributed by atoms with E-state index in [-0.39, 0.29) is 0 Å². The topological polar surface area (TPSA) is 12.0 Å². The van der Waals surface area contributed by atoms with E-state index in [4.69, 9.17) is 0 Å². The molecule has 1 nitrogen and oxygen atoms in total. The molecule has 4 aromatic rings. The molecule has 0 spiro atoms. The van der Waals surface area contributed by atoms with Gasteiger partial charge in [0.1, 0.15) is 0 Å². The van der Waals surface area contributed by atoms with Gasteiger partial charge >= 0.3 is 0 Å². The number of anilines is 2. The summed E-state index contributed by atoms with van der Waals surface area (Å²) in [5, 5.41) is 6.16. The van der Waals surface area contributed by atoms with Gasteiger partial charge in [0.2, 0.25) is 0 Å². The van der Waals surface area contributed by atoms with Crippen LogP contribution in [0.5, 0.6) is 0 Å². The number of allylic oxidation sites excluding steroid dienone is 4. The maximum Gasteiger partial charge on any atom is 0.0384 e. The summed E-state index contributed by atoms with van der Waals surface area (Å²) in [4.78, 5) is 0. The highest BCUT2D eigenvalue weighted by molar-refractivity contribution is 5.96. The Balaban J connectivity index is 1.18. The Morgan fingerprint density at radius 1 is 0.636 bits per heavy atom. The monoisotopic (exact) mass is 427 g/mol. The lowest BCUT2D eigenvalue weighted by Crippen LogP contribution is -2.25. The summed E-state index contributed by atoms with van der Waals surface area (Å²) in [6, 6.07) is 33.0. The molecule has 0 aromatic heterocycles. The third-order valence-corrected chi connectivity index (χ3v) is 7.43. The normalized spacial score (nSPS) is 21.6. The number of fused-ring (bicyclic) bond motifs is 2. The quantitative estimate of drug-likeness (QED) is 0.343. The molecule has 4 aromatic carbocycles. The van der Waals surface area contributed by atoms with Gasteiger partial charge in [-0.25, -0.2) is 0 Å². The van der Waals surface area contributed by atoms with Crippen LogP contribution in [0.3, 0.4) is 0 Å². The van der Waals surface area contributed by atoms with Gasteiger partial charge in [-0.1, -0.05) is 97.5 Å². The van der Waals surface area contributed by atoms with Crippen LogP contribution in [0.2, 0.25) is 0 Å². The van der Waals surface area contributed by atoms with Crippen LogP contribution in [-0.2, 0) is 0 Å². The van der Waals surface area contributed by atoms with Crippen molar-refractivity contribution >= 4 is 22.1 Å². The summed E-state index contributed by atoms with van der Waals surface area (Å²) in [7, 11) is 0. The first-order valence-electron chi connectivity index (χ1n) is 12.2. The van der Waals surface area contributed by atoms with Crippen LogP contribution in [0.1, 0.15) is 30.7 Å². The van der Waals surface area contributed by atoms with Crippen LogP contribution in [-0.4, -0.2) is 0 Å². The maximum atomic E-state index is 3.58. The van der Waals surface area contributed by atoms with Crippen molar-refractivity contribution in [1.82, 2.24) is 0 Å². The first kappa shape index (κ1) is 20.1. The second kappa shape index (κ2) is 8.75. The van der Waals surface area contributed by atoms with Gasteiger partial charge in [0.15, 0.2) is 0 Å². The molecule has 1 fully saturated rings. The van der Waals surface area contributed by atoms with Crippen molar-refractivity contribution in [3.63, 3.8) is 0 Å². The zero-order chi connectivity index (χ0) is 22.0. The van der Waals surface area contributed by atoms with E-state index < -0.39 is 0 Å². The highest BCUT2D eigenvalue weighted by Crippen LogP contribution is 2.44. The molecule has 0 heterocycles. The first-order chi connectivity index (χ1) is 16.3. The lowest BCUT2D eigenvalue weighted by Gasteiger charge is -2.36. The minimum atomic E-state index is 0.638. The fourth-order valence-corrected chi connectivity index (χ4v) is 5.74. The van der Waals surface area contributed by atoms with E-state index in [0.29, 0.717) is 17.8 Å². The molecule has 1 saturated carbocycles. The Morgan fingerprint density at radius 3 is 2.21 bits per heavy atom. The summed E-state index contributed by atoms with van der Waals surface area (Å²) < 4.78 is 0. The lowest BCUT2D eigenvalue weighted by molar-refractivity contribution is 0.290. The second-order valence-corrected chi connectivity index (χ2v) is 9.40. The minimum absolute atomic E-state index is 0.638. The van der Waals surface area contributed by atoms with Crippen LogP contribution >= 0.6 is 0 Å². The van der Waals surface area contributed by atoms with Crippen molar-refractivity contribution in [1.29, 1.82) is 0 Å². The molecule has 3 atom stereocenters. The summed E-state index contributed by atoms with van der Waals surface area (Å²) in [5.74, 6) is 2.01. The summed E-state index contributed by atoms with van der Waals surface area (Å²) in [6.45, 7) is 0. The van der Waals surface area contributed by atoms with Crippen LogP contribution in [0, 0.1) is 11.8 Å². The smallest absolute Gasteiger partial charge is 0.0384 e. The van der Waals surface area contributed by atoms with Crippen molar-refractivity contribution in [2.75, 3.05) is 5.32 Å². The third kappa shape index (κ3) is 4.00. The molecule has 0 aliphatic heterocycles. The molecule has 2 aliphatic rings. The van der Waals surface area contributed by atoms with Crippen LogP contribution in [0.15, 0.2) is 115 Å². The van der Waals surface area contributed by atoms with Gasteiger partial charge in [0.05, 0.1) is 0 Å². The van der Waals surface area contributed by atoms with Gasteiger partial charge in [0.25, 0.3) is 0 Å². The molecule has 1 N–H and O–H groups in total. The van der Waals surface area contributed by atoms with E-state index >= 15 is 0 Å². The zero-order valence-electron chi connectivity index (χ0n) is 18.8. The van der Waals surface area contributed by atoms with Crippen molar-refractivity contribution < 1.29 is 0 Å². The zero-order valence-corrected chi connectivity index (χ0v) is 18.8. The molecule has 0 bridgehead atoms. The van der Waals surface area contributed by atoms with E-state index in [1.807, 2.05) is 0 Å². The predicted molar refractivity (Wildman–Crippen MR) is 141 cm³/mol. The maximum absolute atomic E-state index is 3.58. The molecular formula is C32H29N. The second-order valence-electron chi connectivity index (χ2n) is 9.40. The van der Waals surface area contributed by atoms with Crippen molar-refractivity contribution in [2.45, 2.75) is 25.2 Å². The molecule has 1 heteroatoms. The Bertz CT molecular complexity index is 1310. The molecule has 6 rings (SSSR count). The average molecular weight is 428 g/mol. The molecule has 33 heavy (non-hydrogen) atoms. The molecule has 0 saturated heterocycles. The average Bonchev–Trinajstić information content (AvgIpc) is 2.89. The fourth-order valence-electron chi connectivity index (χ4n) is 5.74. The van der Waals surface area contributed by atoms with Crippen molar-refractivity contribution in [3.8, 4) is 11.1 Å². The number of hydrogen-bond donors (Lipinski definition) is 1. The summed E-state index contributed by atoms with van der Waals surface area (Å²) in [6.07, 6.45) is 13.2. The minimum Gasteiger partial charge on any atom is -0.356 e. The molecule has 2 aliphatic carbocycles. The van der Waals surface area contributed by atoms with Gasteiger partial charge in [-0.3, -0.25) is 0 Å².